The van der Waals surface area contributed by atoms with Crippen LogP contribution in [-0.4, -0.2) is 4.57 Å². The average molecular weight is 841 g/mol. The van der Waals surface area contributed by atoms with Gasteiger partial charge in [0, 0.05) is 33.5 Å². The summed E-state index contributed by atoms with van der Waals surface area (Å²) < 4.78 is 2.42. The van der Waals surface area contributed by atoms with Gasteiger partial charge >= 0.3 is 0 Å². The Bertz CT molecular complexity index is 3610. The fourth-order valence-electron chi connectivity index (χ4n) is 9.76. The first-order chi connectivity index (χ1) is 32.7. The first-order valence-corrected chi connectivity index (χ1v) is 22.7. The summed E-state index contributed by atoms with van der Waals surface area (Å²) >= 11 is 0. The van der Waals surface area contributed by atoms with E-state index in [-0.39, 0.29) is 0 Å². The maximum atomic E-state index is 2.42. The van der Waals surface area contributed by atoms with Crippen molar-refractivity contribution in [2.75, 3.05) is 4.90 Å². The second-order valence-electron chi connectivity index (χ2n) is 17.0. The molecule has 66 heavy (non-hydrogen) atoms. The molecule has 310 valence electrons. The number of fused-ring (bicyclic) bond motifs is 4. The highest BCUT2D eigenvalue weighted by atomic mass is 15.1. The maximum absolute atomic E-state index is 2.42. The van der Waals surface area contributed by atoms with Gasteiger partial charge < -0.3 is 9.47 Å². The quantitative estimate of drug-likeness (QED) is 0.141. The second kappa shape index (κ2) is 16.8. The molecular weight excluding hydrogens is 797 g/mol. The van der Waals surface area contributed by atoms with Gasteiger partial charge in [-0.1, -0.05) is 182 Å². The molecule has 0 radical (unpaired) electrons. The van der Waals surface area contributed by atoms with Gasteiger partial charge in [0.1, 0.15) is 0 Å². The van der Waals surface area contributed by atoms with Crippen LogP contribution in [0.15, 0.2) is 267 Å². The molecular formula is C64H44N2. The third-order valence-electron chi connectivity index (χ3n) is 12.9. The monoisotopic (exact) mass is 840 g/mol. The number of hydrogen-bond donors (Lipinski definition) is 0. The number of aromatic nitrogens is 1. The van der Waals surface area contributed by atoms with Crippen LogP contribution in [0, 0.1) is 0 Å². The number of benzene rings is 11. The molecule has 12 rings (SSSR count). The minimum absolute atomic E-state index is 1.08. The second-order valence-corrected chi connectivity index (χ2v) is 17.0. The molecule has 0 amide bonds. The van der Waals surface area contributed by atoms with E-state index in [0.717, 1.165) is 33.9 Å². The standard InChI is InChI=1S/C64H44N2/c1-5-18-45(19-6-1)49-26-15-30-58(41-49)65(57-36-34-48(35-37-57)55-39-53(46-20-7-2-8-21-46)38-54(40-55)47-22-9-3-10-23-47)59-31-16-27-52(42-59)60-32-17-33-62-64(60)61-43-50-24-13-14-25-51(50)44-63(61)66(62)56-28-11-4-12-29-56/h1-44H. The zero-order valence-corrected chi connectivity index (χ0v) is 36.3. The third kappa shape index (κ3) is 7.21. The van der Waals surface area contributed by atoms with E-state index in [1.807, 2.05) is 0 Å². The Balaban J connectivity index is 1.02. The zero-order valence-electron chi connectivity index (χ0n) is 36.3. The predicted molar refractivity (Wildman–Crippen MR) is 280 cm³/mol. The van der Waals surface area contributed by atoms with Crippen molar-refractivity contribution in [3.8, 4) is 61.3 Å². The normalized spacial score (nSPS) is 11.3. The number of para-hydroxylation sites is 1. The molecule has 2 heteroatoms. The number of hydrogen-bond acceptors (Lipinski definition) is 1. The van der Waals surface area contributed by atoms with E-state index < -0.39 is 0 Å². The highest BCUT2D eigenvalue weighted by Crippen LogP contribution is 2.44. The average Bonchev–Trinajstić information content (AvgIpc) is 3.72. The Kier molecular flexibility index (Phi) is 9.89. The molecule has 0 saturated carbocycles. The van der Waals surface area contributed by atoms with Crippen molar-refractivity contribution < 1.29 is 0 Å². The summed E-state index contributed by atoms with van der Waals surface area (Å²) in [6.45, 7) is 0. The van der Waals surface area contributed by atoms with Crippen LogP contribution in [0.1, 0.15) is 0 Å². The van der Waals surface area contributed by atoms with E-state index in [1.165, 1.54) is 77.1 Å². The van der Waals surface area contributed by atoms with Gasteiger partial charge in [-0.3, -0.25) is 0 Å². The summed E-state index contributed by atoms with van der Waals surface area (Å²) in [6.07, 6.45) is 0. The van der Waals surface area contributed by atoms with Crippen LogP contribution < -0.4 is 4.90 Å². The van der Waals surface area contributed by atoms with Crippen molar-refractivity contribution >= 4 is 49.6 Å². The summed E-state index contributed by atoms with van der Waals surface area (Å²) in [4.78, 5) is 2.40. The van der Waals surface area contributed by atoms with Gasteiger partial charge in [0.15, 0.2) is 0 Å². The van der Waals surface area contributed by atoms with Crippen LogP contribution in [0.2, 0.25) is 0 Å². The number of rotatable bonds is 9. The maximum Gasteiger partial charge on any atom is 0.0547 e. The summed E-state index contributed by atoms with van der Waals surface area (Å²) in [5.74, 6) is 0. The number of nitrogens with zero attached hydrogens (tertiary/aromatic N) is 2. The summed E-state index contributed by atoms with van der Waals surface area (Å²) in [5, 5.41) is 4.95. The smallest absolute Gasteiger partial charge is 0.0547 e. The molecule has 0 atom stereocenters. The summed E-state index contributed by atoms with van der Waals surface area (Å²) in [5.41, 5.74) is 18.6. The predicted octanol–water partition coefficient (Wildman–Crippen LogP) is 17.7. The molecule has 0 aliphatic rings. The van der Waals surface area contributed by atoms with E-state index >= 15 is 0 Å². The molecule has 0 saturated heterocycles. The van der Waals surface area contributed by atoms with Gasteiger partial charge in [0.05, 0.1) is 11.0 Å². The van der Waals surface area contributed by atoms with Gasteiger partial charge in [-0.15, -0.1) is 0 Å². The van der Waals surface area contributed by atoms with Crippen LogP contribution in [0.25, 0.3) is 93.9 Å². The van der Waals surface area contributed by atoms with E-state index in [4.69, 9.17) is 0 Å². The van der Waals surface area contributed by atoms with Crippen molar-refractivity contribution in [2.45, 2.75) is 0 Å². The molecule has 0 aliphatic carbocycles. The van der Waals surface area contributed by atoms with Gasteiger partial charge in [-0.25, -0.2) is 0 Å². The Labute approximate surface area is 385 Å². The van der Waals surface area contributed by atoms with Crippen LogP contribution in [0.5, 0.6) is 0 Å². The van der Waals surface area contributed by atoms with Crippen LogP contribution in [0.4, 0.5) is 17.1 Å². The van der Waals surface area contributed by atoms with Crippen LogP contribution in [-0.2, 0) is 0 Å². The Morgan fingerprint density at radius 3 is 1.30 bits per heavy atom. The minimum atomic E-state index is 1.08. The Morgan fingerprint density at radius 1 is 0.258 bits per heavy atom. The van der Waals surface area contributed by atoms with Crippen LogP contribution in [0.3, 0.4) is 0 Å². The lowest BCUT2D eigenvalue weighted by Crippen LogP contribution is -2.10. The lowest BCUT2D eigenvalue weighted by atomic mass is 9.93. The lowest BCUT2D eigenvalue weighted by molar-refractivity contribution is 1.18. The molecule has 12 aromatic rings. The molecule has 11 aromatic carbocycles. The minimum Gasteiger partial charge on any atom is -0.310 e. The van der Waals surface area contributed by atoms with E-state index in [2.05, 4.69) is 276 Å². The van der Waals surface area contributed by atoms with Gasteiger partial charge in [-0.05, 0) is 151 Å². The molecule has 0 bridgehead atoms. The first kappa shape index (κ1) is 38.9. The van der Waals surface area contributed by atoms with E-state index in [1.54, 1.807) is 0 Å². The molecule has 0 N–H and O–H groups in total. The highest BCUT2D eigenvalue weighted by molar-refractivity contribution is 6.18. The molecule has 0 fully saturated rings. The third-order valence-corrected chi connectivity index (χ3v) is 12.9. The van der Waals surface area contributed by atoms with Crippen LogP contribution >= 0.6 is 0 Å². The fourth-order valence-corrected chi connectivity index (χ4v) is 9.76. The molecule has 1 aromatic heterocycles. The summed E-state index contributed by atoms with van der Waals surface area (Å²) in [7, 11) is 0. The SMILES string of the molecule is c1ccc(-c2cc(-c3ccccc3)cc(-c3ccc(N(c4cccc(-c5ccccc5)c4)c4cccc(-c5cccc6c5c5cc7ccccc7cc5n6-c5ccccc5)c4)cc3)c2)cc1. The molecule has 0 unspecified atom stereocenters. The van der Waals surface area contributed by atoms with Crippen molar-refractivity contribution in [3.05, 3.63) is 267 Å². The largest absolute Gasteiger partial charge is 0.310 e. The topological polar surface area (TPSA) is 8.17 Å². The fraction of sp³-hybridized carbons (Fsp3) is 0. The van der Waals surface area contributed by atoms with Crippen molar-refractivity contribution in [1.29, 1.82) is 0 Å². The molecule has 0 spiro atoms. The van der Waals surface area contributed by atoms with Gasteiger partial charge in [-0.2, -0.15) is 0 Å². The molecule has 0 aliphatic heterocycles. The van der Waals surface area contributed by atoms with E-state index in [0.29, 0.717) is 0 Å². The van der Waals surface area contributed by atoms with Gasteiger partial charge in [0.25, 0.3) is 0 Å². The molecule has 2 nitrogen and oxygen atoms in total. The van der Waals surface area contributed by atoms with Gasteiger partial charge in [0.2, 0.25) is 0 Å². The van der Waals surface area contributed by atoms with Crippen molar-refractivity contribution in [3.63, 3.8) is 0 Å². The highest BCUT2D eigenvalue weighted by Gasteiger charge is 2.20. The lowest BCUT2D eigenvalue weighted by Gasteiger charge is -2.27. The first-order valence-electron chi connectivity index (χ1n) is 22.7. The number of anilines is 3. The van der Waals surface area contributed by atoms with Crippen molar-refractivity contribution in [1.82, 2.24) is 4.57 Å². The Morgan fingerprint density at radius 2 is 0.712 bits per heavy atom. The zero-order chi connectivity index (χ0) is 43.8. The van der Waals surface area contributed by atoms with Crippen molar-refractivity contribution in [2.24, 2.45) is 0 Å². The molecule has 1 heterocycles. The Hall–Kier alpha value is -8.72. The summed E-state index contributed by atoms with van der Waals surface area (Å²) in [6, 6.07) is 96.9. The van der Waals surface area contributed by atoms with E-state index in [9.17, 15) is 0 Å².